The number of ether oxygens (including phenoxy) is 1. The van der Waals surface area contributed by atoms with Crippen LogP contribution in [0.4, 0.5) is 0 Å². The van der Waals surface area contributed by atoms with Gasteiger partial charge in [-0.15, -0.1) is 0 Å². The minimum atomic E-state index is -0.970. The summed E-state index contributed by atoms with van der Waals surface area (Å²) in [6.07, 6.45) is 9.24. The largest absolute Gasteiger partial charge is 0.463 e. The molecule has 1 N–H and O–H groups in total. The standard InChI is InChI=1S/C27H38N4O4/c1-27(26(33)28-21-8-4-2-3-5-9-21)20-30-22(24-10-6-17-35-24)11-12-23(30)25(32)31(27)14-7-13-29-15-18-34-19-16-29/h6,10-12,17,21H,2-5,7-9,13-16,18-20H2,1H3,(H,28,33). The number of rotatable bonds is 7. The summed E-state index contributed by atoms with van der Waals surface area (Å²) in [6.45, 7) is 7.14. The quantitative estimate of drug-likeness (QED) is 0.611. The van der Waals surface area contributed by atoms with E-state index in [4.69, 9.17) is 9.15 Å². The van der Waals surface area contributed by atoms with Crippen molar-refractivity contribution in [3.63, 3.8) is 0 Å². The molecule has 1 atom stereocenters. The average Bonchev–Trinajstić information content (AvgIpc) is 3.47. The smallest absolute Gasteiger partial charge is 0.271 e. The Balaban J connectivity index is 1.39. The highest BCUT2D eigenvalue weighted by atomic mass is 16.5. The minimum absolute atomic E-state index is 0.0473. The zero-order valence-electron chi connectivity index (χ0n) is 20.8. The number of furan rings is 1. The zero-order valence-corrected chi connectivity index (χ0v) is 20.8. The number of hydrogen-bond acceptors (Lipinski definition) is 5. The van der Waals surface area contributed by atoms with E-state index in [2.05, 4.69) is 10.2 Å². The molecule has 2 fully saturated rings. The van der Waals surface area contributed by atoms with Crippen molar-refractivity contribution < 1.29 is 18.7 Å². The Bertz CT molecular complexity index is 1000. The van der Waals surface area contributed by atoms with Crippen molar-refractivity contribution in [2.24, 2.45) is 0 Å². The SMILES string of the molecule is CC1(C(=O)NC2CCCCCC2)Cn2c(ccc2-c2ccco2)C(=O)N1CCCN1CCOCC1. The summed E-state index contributed by atoms with van der Waals surface area (Å²) >= 11 is 0. The van der Waals surface area contributed by atoms with Crippen LogP contribution in [0.3, 0.4) is 0 Å². The normalized spacial score (nSPS) is 24.3. The molecule has 2 aromatic rings. The molecule has 0 aromatic carbocycles. The van der Waals surface area contributed by atoms with Crippen LogP contribution in [0.15, 0.2) is 34.9 Å². The van der Waals surface area contributed by atoms with Crippen LogP contribution in [-0.4, -0.2) is 77.2 Å². The Labute approximate surface area is 207 Å². The molecule has 3 aliphatic rings. The molecule has 4 heterocycles. The Kier molecular flexibility index (Phi) is 7.29. The van der Waals surface area contributed by atoms with Crippen LogP contribution in [0.2, 0.25) is 0 Å². The van der Waals surface area contributed by atoms with Crippen LogP contribution in [0.5, 0.6) is 0 Å². The first-order valence-electron chi connectivity index (χ1n) is 13.2. The first kappa shape index (κ1) is 24.1. The molecule has 8 heteroatoms. The Morgan fingerprint density at radius 1 is 1.06 bits per heavy atom. The second-order valence-corrected chi connectivity index (χ2v) is 10.4. The summed E-state index contributed by atoms with van der Waals surface area (Å²) in [5, 5.41) is 3.34. The summed E-state index contributed by atoms with van der Waals surface area (Å²) in [6, 6.07) is 7.70. The third kappa shape index (κ3) is 5.05. The third-order valence-electron chi connectivity index (χ3n) is 7.92. The number of morpholine rings is 1. The fraction of sp³-hybridized carbons (Fsp3) is 0.630. The molecule has 0 bridgehead atoms. The van der Waals surface area contributed by atoms with Gasteiger partial charge in [-0.05, 0) is 50.5 Å². The molecule has 2 aromatic heterocycles. The Morgan fingerprint density at radius 2 is 1.80 bits per heavy atom. The molecule has 2 aliphatic heterocycles. The summed E-state index contributed by atoms with van der Waals surface area (Å²) < 4.78 is 13.1. The summed E-state index contributed by atoms with van der Waals surface area (Å²) in [5.74, 6) is 0.569. The lowest BCUT2D eigenvalue weighted by Gasteiger charge is -2.45. The van der Waals surface area contributed by atoms with Crippen molar-refractivity contribution >= 4 is 11.8 Å². The summed E-state index contributed by atoms with van der Waals surface area (Å²) in [5.41, 5.74) is 0.476. The van der Waals surface area contributed by atoms with E-state index < -0.39 is 5.54 Å². The minimum Gasteiger partial charge on any atom is -0.463 e. The topological polar surface area (TPSA) is 80.0 Å². The molecule has 1 saturated heterocycles. The van der Waals surface area contributed by atoms with Gasteiger partial charge in [-0.25, -0.2) is 0 Å². The number of carbonyl (C=O) groups excluding carboxylic acids is 2. The lowest BCUT2D eigenvalue weighted by molar-refractivity contribution is -0.133. The van der Waals surface area contributed by atoms with Gasteiger partial charge < -0.3 is 23.9 Å². The van der Waals surface area contributed by atoms with Gasteiger partial charge in [0.1, 0.15) is 17.0 Å². The fourth-order valence-corrected chi connectivity index (χ4v) is 5.80. The van der Waals surface area contributed by atoms with Gasteiger partial charge in [-0.1, -0.05) is 25.7 Å². The number of nitrogens with zero attached hydrogens (tertiary/aromatic N) is 3. The van der Waals surface area contributed by atoms with E-state index in [1.54, 1.807) is 6.26 Å². The van der Waals surface area contributed by atoms with Crippen molar-refractivity contribution in [2.45, 2.75) is 70.0 Å². The van der Waals surface area contributed by atoms with E-state index in [0.29, 0.717) is 24.5 Å². The van der Waals surface area contributed by atoms with Crippen LogP contribution in [0.25, 0.3) is 11.5 Å². The molecular weight excluding hydrogens is 444 g/mol. The van der Waals surface area contributed by atoms with E-state index in [9.17, 15) is 9.59 Å². The van der Waals surface area contributed by atoms with Gasteiger partial charge in [0.15, 0.2) is 0 Å². The monoisotopic (exact) mass is 482 g/mol. The Hall–Kier alpha value is -2.58. The van der Waals surface area contributed by atoms with Crippen molar-refractivity contribution in [2.75, 3.05) is 39.4 Å². The summed E-state index contributed by atoms with van der Waals surface area (Å²) in [4.78, 5) is 31.9. The van der Waals surface area contributed by atoms with E-state index in [-0.39, 0.29) is 17.9 Å². The molecule has 8 nitrogen and oxygen atoms in total. The van der Waals surface area contributed by atoms with Gasteiger partial charge in [-0.2, -0.15) is 0 Å². The van der Waals surface area contributed by atoms with E-state index in [1.807, 2.05) is 40.7 Å². The first-order valence-corrected chi connectivity index (χ1v) is 13.2. The second-order valence-electron chi connectivity index (χ2n) is 10.4. The van der Waals surface area contributed by atoms with Crippen LogP contribution < -0.4 is 5.32 Å². The molecule has 1 unspecified atom stereocenters. The van der Waals surface area contributed by atoms with Gasteiger partial charge in [0, 0.05) is 32.2 Å². The van der Waals surface area contributed by atoms with Gasteiger partial charge in [0.2, 0.25) is 5.91 Å². The van der Waals surface area contributed by atoms with Gasteiger partial charge in [0.05, 0.1) is 31.7 Å². The van der Waals surface area contributed by atoms with Crippen molar-refractivity contribution in [3.8, 4) is 11.5 Å². The maximum Gasteiger partial charge on any atom is 0.271 e. The maximum absolute atomic E-state index is 13.9. The molecule has 5 rings (SSSR count). The van der Waals surface area contributed by atoms with E-state index in [1.165, 1.54) is 12.8 Å². The first-order chi connectivity index (χ1) is 17.1. The third-order valence-corrected chi connectivity index (χ3v) is 7.92. The van der Waals surface area contributed by atoms with Crippen molar-refractivity contribution in [3.05, 3.63) is 36.2 Å². The highest BCUT2D eigenvalue weighted by molar-refractivity contribution is 6.00. The fourth-order valence-electron chi connectivity index (χ4n) is 5.80. The number of aromatic nitrogens is 1. The molecule has 1 saturated carbocycles. The Morgan fingerprint density at radius 3 is 2.51 bits per heavy atom. The van der Waals surface area contributed by atoms with Gasteiger partial charge in [-0.3, -0.25) is 14.5 Å². The summed E-state index contributed by atoms with van der Waals surface area (Å²) in [7, 11) is 0. The molecule has 1 aliphatic carbocycles. The van der Waals surface area contributed by atoms with Gasteiger partial charge >= 0.3 is 0 Å². The number of hydrogen-bond donors (Lipinski definition) is 1. The molecule has 0 radical (unpaired) electrons. The van der Waals surface area contributed by atoms with E-state index in [0.717, 1.165) is 70.6 Å². The molecule has 190 valence electrons. The lowest BCUT2D eigenvalue weighted by atomic mass is 9.93. The second kappa shape index (κ2) is 10.6. The number of carbonyl (C=O) groups is 2. The average molecular weight is 483 g/mol. The molecule has 2 amide bonds. The van der Waals surface area contributed by atoms with Crippen LogP contribution >= 0.6 is 0 Å². The highest BCUT2D eigenvalue weighted by Crippen LogP contribution is 2.34. The van der Waals surface area contributed by atoms with Crippen LogP contribution in [0.1, 0.15) is 62.4 Å². The zero-order chi connectivity index (χ0) is 24.3. The predicted octanol–water partition coefficient (Wildman–Crippen LogP) is 3.52. The van der Waals surface area contributed by atoms with Crippen molar-refractivity contribution in [1.82, 2.24) is 19.7 Å². The highest BCUT2D eigenvalue weighted by Gasteiger charge is 2.48. The lowest BCUT2D eigenvalue weighted by Crippen LogP contribution is -2.65. The van der Waals surface area contributed by atoms with Crippen molar-refractivity contribution in [1.29, 1.82) is 0 Å². The maximum atomic E-state index is 13.9. The number of amides is 2. The number of nitrogens with one attached hydrogen (secondary N) is 1. The van der Waals surface area contributed by atoms with Crippen LogP contribution in [-0.2, 0) is 16.1 Å². The van der Waals surface area contributed by atoms with E-state index >= 15 is 0 Å². The van der Waals surface area contributed by atoms with Gasteiger partial charge in [0.25, 0.3) is 5.91 Å². The predicted molar refractivity (Wildman–Crippen MR) is 133 cm³/mol. The molecule has 0 spiro atoms. The van der Waals surface area contributed by atoms with Crippen LogP contribution in [0, 0.1) is 0 Å². The molecule has 35 heavy (non-hydrogen) atoms. The number of fused-ring (bicyclic) bond motifs is 1. The molecular formula is C27H38N4O4.